The number of nitrogens with one attached hydrogen (secondary N) is 3. The van der Waals surface area contributed by atoms with E-state index >= 15 is 0 Å². The monoisotopic (exact) mass is 365 g/mol. The van der Waals surface area contributed by atoms with Crippen LogP contribution in [0.5, 0.6) is 0 Å². The Labute approximate surface area is 150 Å². The third-order valence-electron chi connectivity index (χ3n) is 4.68. The fraction of sp³-hybridized carbons (Fsp3) is 0.625. The van der Waals surface area contributed by atoms with Crippen molar-refractivity contribution in [3.63, 3.8) is 0 Å². The van der Waals surface area contributed by atoms with Gasteiger partial charge in [-0.05, 0) is 12.8 Å². The number of hydrogen-bond acceptors (Lipinski definition) is 6. The number of thioether (sulfide) groups is 1. The fourth-order valence-electron chi connectivity index (χ4n) is 3.32. The lowest BCUT2D eigenvalue weighted by atomic mass is 9.99. The van der Waals surface area contributed by atoms with Crippen LogP contribution in [0.15, 0.2) is 12.5 Å². The Balaban J connectivity index is 1.35. The molecule has 2 saturated heterocycles. The molecule has 0 aromatic carbocycles. The Hall–Kier alpha value is -1.87. The van der Waals surface area contributed by atoms with E-state index in [0.29, 0.717) is 17.4 Å². The predicted octanol–water partition coefficient (Wildman–Crippen LogP) is 0.144. The van der Waals surface area contributed by atoms with Gasteiger partial charge in [0.05, 0.1) is 30.1 Å². The summed E-state index contributed by atoms with van der Waals surface area (Å²) < 4.78 is 0. The number of fused-ring (bicyclic) bond motifs is 1. The van der Waals surface area contributed by atoms with Crippen LogP contribution in [0.1, 0.15) is 31.4 Å². The van der Waals surface area contributed by atoms with Crippen molar-refractivity contribution in [1.29, 1.82) is 0 Å². The maximum Gasteiger partial charge on any atom is 0.315 e. The van der Waals surface area contributed by atoms with Crippen molar-refractivity contribution >= 4 is 29.4 Å². The van der Waals surface area contributed by atoms with Crippen molar-refractivity contribution in [1.82, 2.24) is 20.6 Å². The standard InChI is InChI=1S/C16H23N5O3S/c17-10(5-9-6-18-8-19-9)15(23)12(22)3-1-2-4-13-14-11(7-25-13)20-16(24)21-14/h6,8,10-11,13-14H,1-5,7,17H2,(H,18,19)(H2,20,21,24)/t10-,11-,13-,14-/m0/s1. The van der Waals surface area contributed by atoms with Gasteiger partial charge in [0, 0.05) is 30.0 Å². The second-order valence-electron chi connectivity index (χ2n) is 6.53. The van der Waals surface area contributed by atoms with E-state index in [1.165, 1.54) is 6.33 Å². The van der Waals surface area contributed by atoms with E-state index in [1.54, 1.807) is 6.20 Å². The minimum absolute atomic E-state index is 0.0908. The molecule has 2 amide bonds. The molecule has 5 N–H and O–H groups in total. The lowest BCUT2D eigenvalue weighted by Gasteiger charge is -2.16. The van der Waals surface area contributed by atoms with Gasteiger partial charge in [-0.15, -0.1) is 0 Å². The van der Waals surface area contributed by atoms with Crippen LogP contribution in [0.25, 0.3) is 0 Å². The van der Waals surface area contributed by atoms with Crippen molar-refractivity contribution < 1.29 is 14.4 Å². The van der Waals surface area contributed by atoms with Gasteiger partial charge < -0.3 is 21.4 Å². The molecule has 0 spiro atoms. The molecule has 2 aliphatic rings. The van der Waals surface area contributed by atoms with Crippen LogP contribution >= 0.6 is 11.8 Å². The molecular weight excluding hydrogens is 342 g/mol. The van der Waals surface area contributed by atoms with Crippen molar-refractivity contribution in [2.75, 3.05) is 5.75 Å². The van der Waals surface area contributed by atoms with Gasteiger partial charge in [0.2, 0.25) is 5.78 Å². The van der Waals surface area contributed by atoms with Gasteiger partial charge in [0.15, 0.2) is 5.78 Å². The predicted molar refractivity (Wildman–Crippen MR) is 94.2 cm³/mol. The number of carbonyl (C=O) groups is 3. The van der Waals surface area contributed by atoms with E-state index in [1.807, 2.05) is 11.8 Å². The summed E-state index contributed by atoms with van der Waals surface area (Å²) in [6.07, 6.45) is 6.11. The minimum Gasteiger partial charge on any atom is -0.351 e. The molecule has 2 fully saturated rings. The van der Waals surface area contributed by atoms with Gasteiger partial charge in [-0.3, -0.25) is 9.59 Å². The van der Waals surface area contributed by atoms with Crippen molar-refractivity contribution in [2.45, 2.75) is 55.5 Å². The number of rotatable bonds is 9. The van der Waals surface area contributed by atoms with Crippen LogP contribution in [0.2, 0.25) is 0 Å². The third-order valence-corrected chi connectivity index (χ3v) is 6.18. The average molecular weight is 365 g/mol. The first-order valence-electron chi connectivity index (χ1n) is 8.53. The minimum atomic E-state index is -0.832. The smallest absolute Gasteiger partial charge is 0.315 e. The summed E-state index contributed by atoms with van der Waals surface area (Å²) in [7, 11) is 0. The number of imidazole rings is 1. The summed E-state index contributed by atoms with van der Waals surface area (Å²) in [6.45, 7) is 0. The van der Waals surface area contributed by atoms with Crippen molar-refractivity contribution in [3.05, 3.63) is 18.2 Å². The molecule has 0 aliphatic carbocycles. The number of nitrogens with two attached hydrogens (primary N) is 1. The number of nitrogens with zero attached hydrogens (tertiary/aromatic N) is 1. The van der Waals surface area contributed by atoms with Gasteiger partial charge in [0.25, 0.3) is 0 Å². The second-order valence-corrected chi connectivity index (χ2v) is 7.80. The number of aromatic amines is 1. The first-order chi connectivity index (χ1) is 12.0. The highest BCUT2D eigenvalue weighted by Gasteiger charge is 2.42. The second kappa shape index (κ2) is 8.01. The molecule has 0 bridgehead atoms. The van der Waals surface area contributed by atoms with Crippen LogP contribution in [-0.2, 0) is 16.0 Å². The molecule has 1 aromatic rings. The Kier molecular flexibility index (Phi) is 5.74. The van der Waals surface area contributed by atoms with Crippen molar-refractivity contribution in [3.8, 4) is 0 Å². The van der Waals surface area contributed by atoms with E-state index in [-0.39, 0.29) is 31.0 Å². The van der Waals surface area contributed by atoms with E-state index in [2.05, 4.69) is 20.6 Å². The molecule has 136 valence electrons. The summed E-state index contributed by atoms with van der Waals surface area (Å²) in [5, 5.41) is 6.23. The number of ketones is 2. The van der Waals surface area contributed by atoms with Gasteiger partial charge in [-0.25, -0.2) is 9.78 Å². The maximum atomic E-state index is 12.0. The number of Topliss-reactive ketones (excluding diaryl/α,β-unsaturated/α-hetero) is 2. The van der Waals surface area contributed by atoms with Gasteiger partial charge in [-0.2, -0.15) is 11.8 Å². The Bertz CT molecular complexity index is 636. The van der Waals surface area contributed by atoms with Crippen LogP contribution in [0.3, 0.4) is 0 Å². The Morgan fingerprint density at radius 3 is 2.96 bits per heavy atom. The molecule has 8 nitrogen and oxygen atoms in total. The summed E-state index contributed by atoms with van der Waals surface area (Å²) >= 11 is 1.85. The normalized spacial score (nSPS) is 26.0. The molecule has 4 atom stereocenters. The number of H-pyrrole nitrogens is 1. The number of urea groups is 1. The lowest BCUT2D eigenvalue weighted by Crippen LogP contribution is -2.38. The molecule has 25 heavy (non-hydrogen) atoms. The molecule has 0 radical (unpaired) electrons. The van der Waals surface area contributed by atoms with Crippen LogP contribution in [0, 0.1) is 0 Å². The molecule has 0 unspecified atom stereocenters. The Morgan fingerprint density at radius 2 is 2.20 bits per heavy atom. The SMILES string of the molecule is N[C@@H](Cc1c[nH]cn1)C(=O)C(=O)CCCC[C@@H]1SC[C@@H]2NC(=O)N[C@@H]21. The van der Waals surface area contributed by atoms with E-state index in [0.717, 1.165) is 18.6 Å². The van der Waals surface area contributed by atoms with E-state index in [4.69, 9.17) is 5.73 Å². The molecule has 3 rings (SSSR count). The van der Waals surface area contributed by atoms with E-state index < -0.39 is 17.6 Å². The lowest BCUT2D eigenvalue weighted by molar-refractivity contribution is -0.137. The quantitative estimate of drug-likeness (QED) is 0.280. The molecular formula is C16H23N5O3S. The summed E-state index contributed by atoms with van der Waals surface area (Å²) in [4.78, 5) is 42.2. The number of unbranched alkanes of at least 4 members (excludes halogenated alkanes) is 1. The zero-order chi connectivity index (χ0) is 17.8. The molecule has 1 aromatic heterocycles. The van der Waals surface area contributed by atoms with Crippen LogP contribution in [-0.4, -0.2) is 56.7 Å². The van der Waals surface area contributed by atoms with Gasteiger partial charge in [0.1, 0.15) is 0 Å². The van der Waals surface area contributed by atoms with Gasteiger partial charge >= 0.3 is 6.03 Å². The zero-order valence-corrected chi connectivity index (χ0v) is 14.7. The van der Waals surface area contributed by atoms with Crippen LogP contribution in [0.4, 0.5) is 4.79 Å². The molecule has 2 aliphatic heterocycles. The summed E-state index contributed by atoms with van der Waals surface area (Å²) in [5.41, 5.74) is 6.48. The Morgan fingerprint density at radius 1 is 1.36 bits per heavy atom. The zero-order valence-electron chi connectivity index (χ0n) is 13.9. The largest absolute Gasteiger partial charge is 0.351 e. The first-order valence-corrected chi connectivity index (χ1v) is 9.58. The summed E-state index contributed by atoms with van der Waals surface area (Å²) in [6, 6.07) is -0.531. The molecule has 3 heterocycles. The fourth-order valence-corrected chi connectivity index (χ4v) is 4.87. The highest BCUT2D eigenvalue weighted by atomic mass is 32.2. The summed E-state index contributed by atoms with van der Waals surface area (Å²) in [5.74, 6) is -0.00513. The first kappa shape index (κ1) is 17.9. The molecule has 0 saturated carbocycles. The number of amides is 2. The molecule has 9 heteroatoms. The van der Waals surface area contributed by atoms with Gasteiger partial charge in [-0.1, -0.05) is 6.42 Å². The number of hydrogen-bond donors (Lipinski definition) is 4. The third kappa shape index (κ3) is 4.40. The van der Waals surface area contributed by atoms with Crippen LogP contribution < -0.4 is 16.4 Å². The highest BCUT2D eigenvalue weighted by molar-refractivity contribution is 8.00. The number of carbonyl (C=O) groups excluding carboxylic acids is 3. The number of aromatic nitrogens is 2. The average Bonchev–Trinajstić information content (AvgIpc) is 3.29. The topological polar surface area (TPSA) is 130 Å². The highest BCUT2D eigenvalue weighted by Crippen LogP contribution is 2.33. The van der Waals surface area contributed by atoms with Crippen molar-refractivity contribution in [2.24, 2.45) is 5.73 Å². The van der Waals surface area contributed by atoms with E-state index in [9.17, 15) is 14.4 Å². The maximum absolute atomic E-state index is 12.0.